The van der Waals surface area contributed by atoms with Crippen LogP contribution in [0.4, 0.5) is 23.8 Å². The third-order valence-corrected chi connectivity index (χ3v) is 8.02. The van der Waals surface area contributed by atoms with Crippen LogP contribution in [-0.4, -0.2) is 71.0 Å². The summed E-state index contributed by atoms with van der Waals surface area (Å²) in [6.45, 7) is 13.0. The fraction of sp³-hybridized carbons (Fsp3) is 0.731. The largest absolute Gasteiger partial charge is 0.444 e. The Bertz CT molecular complexity index is 1080. The van der Waals surface area contributed by atoms with Crippen molar-refractivity contribution in [2.75, 3.05) is 31.1 Å². The molecule has 4 rings (SSSR count). The zero-order chi connectivity index (χ0) is 27.0. The number of hydrogen-bond donors (Lipinski definition) is 1. The first-order valence-corrected chi connectivity index (χ1v) is 13.9. The Morgan fingerprint density at radius 1 is 1.19 bits per heavy atom. The third-order valence-electron chi connectivity index (χ3n) is 6.98. The van der Waals surface area contributed by atoms with E-state index in [4.69, 9.17) is 4.74 Å². The van der Waals surface area contributed by atoms with Gasteiger partial charge in [-0.2, -0.15) is 13.2 Å². The van der Waals surface area contributed by atoms with E-state index in [1.54, 1.807) is 11.0 Å². The van der Waals surface area contributed by atoms with Gasteiger partial charge < -0.3 is 19.9 Å². The van der Waals surface area contributed by atoms with E-state index in [0.717, 1.165) is 49.5 Å². The number of anilines is 1. The first kappa shape index (κ1) is 27.9. The Hall–Kier alpha value is -2.14. The first-order valence-electron chi connectivity index (χ1n) is 13.1. The standard InChI is InChI=1S/C26H38F3N5O2S/c1-16(2)21(17-13-34(14-17)24(35)36-25(3,4)5)32-18-7-6-9-33(10-8-18)22-20-11-19(12-26(27,28)29)37-23(20)31-15-30-22/h11,15-18,21,32H,6-10,12-14H2,1-5H3/t18-,21+/m0/s1. The minimum atomic E-state index is -4.24. The van der Waals surface area contributed by atoms with Crippen molar-refractivity contribution in [2.24, 2.45) is 11.8 Å². The fourth-order valence-corrected chi connectivity index (χ4v) is 6.29. The molecule has 0 spiro atoms. The van der Waals surface area contributed by atoms with Crippen LogP contribution in [0.25, 0.3) is 10.2 Å². The predicted octanol–water partition coefficient (Wildman–Crippen LogP) is 5.64. The van der Waals surface area contributed by atoms with Crippen LogP contribution >= 0.6 is 11.3 Å². The number of nitrogens with zero attached hydrogens (tertiary/aromatic N) is 4. The van der Waals surface area contributed by atoms with Crippen molar-refractivity contribution in [1.82, 2.24) is 20.2 Å². The Kier molecular flexibility index (Phi) is 8.23. The second-order valence-electron chi connectivity index (χ2n) is 11.6. The van der Waals surface area contributed by atoms with Gasteiger partial charge in [-0.05, 0) is 52.0 Å². The summed E-state index contributed by atoms with van der Waals surface area (Å²) < 4.78 is 44.3. The lowest BCUT2D eigenvalue weighted by atomic mass is 9.84. The third kappa shape index (κ3) is 7.25. The lowest BCUT2D eigenvalue weighted by Crippen LogP contribution is -2.60. The molecule has 0 saturated carbocycles. The van der Waals surface area contributed by atoms with Gasteiger partial charge in [-0.3, -0.25) is 0 Å². The van der Waals surface area contributed by atoms with Crippen molar-refractivity contribution in [1.29, 1.82) is 0 Å². The van der Waals surface area contributed by atoms with E-state index in [1.165, 1.54) is 6.33 Å². The Morgan fingerprint density at radius 3 is 2.57 bits per heavy atom. The molecule has 206 valence electrons. The molecule has 0 bridgehead atoms. The van der Waals surface area contributed by atoms with Gasteiger partial charge in [0.05, 0.1) is 11.8 Å². The molecule has 0 unspecified atom stereocenters. The van der Waals surface area contributed by atoms with Gasteiger partial charge in [0, 0.05) is 49.1 Å². The lowest BCUT2D eigenvalue weighted by Gasteiger charge is -2.46. The summed E-state index contributed by atoms with van der Waals surface area (Å²) in [6.07, 6.45) is -1.10. The minimum Gasteiger partial charge on any atom is -0.444 e. The number of ether oxygens (including phenoxy) is 1. The van der Waals surface area contributed by atoms with E-state index in [1.807, 2.05) is 20.8 Å². The highest BCUT2D eigenvalue weighted by molar-refractivity contribution is 7.18. The summed E-state index contributed by atoms with van der Waals surface area (Å²) >= 11 is 1.09. The van der Waals surface area contributed by atoms with Gasteiger partial charge in [0.1, 0.15) is 22.6 Å². The molecule has 1 N–H and O–H groups in total. The summed E-state index contributed by atoms with van der Waals surface area (Å²) in [6, 6.07) is 2.22. The quantitative estimate of drug-likeness (QED) is 0.511. The van der Waals surface area contributed by atoms with E-state index in [0.29, 0.717) is 47.2 Å². The van der Waals surface area contributed by atoms with Gasteiger partial charge in [-0.25, -0.2) is 14.8 Å². The number of carbonyl (C=O) groups is 1. The van der Waals surface area contributed by atoms with Crippen molar-refractivity contribution in [3.05, 3.63) is 17.3 Å². The lowest BCUT2D eigenvalue weighted by molar-refractivity contribution is -0.126. The molecule has 7 nitrogen and oxygen atoms in total. The van der Waals surface area contributed by atoms with E-state index >= 15 is 0 Å². The molecule has 0 aliphatic carbocycles. The minimum absolute atomic E-state index is 0.251. The number of carbonyl (C=O) groups excluding carboxylic acids is 1. The number of aromatic nitrogens is 2. The normalized spacial score (nSPS) is 20.7. The van der Waals surface area contributed by atoms with Gasteiger partial charge in [-0.15, -0.1) is 11.3 Å². The molecule has 1 amide bonds. The molecular formula is C26H38F3N5O2S. The van der Waals surface area contributed by atoms with E-state index in [9.17, 15) is 18.0 Å². The summed E-state index contributed by atoms with van der Waals surface area (Å²) in [5.74, 6) is 1.53. The maximum absolute atomic E-state index is 12.9. The fourth-order valence-electron chi connectivity index (χ4n) is 5.26. The maximum Gasteiger partial charge on any atom is 0.410 e. The second kappa shape index (κ2) is 10.9. The SMILES string of the molecule is CC(C)[C@@H](N[C@H]1CCCN(c2ncnc3sc(CC(F)(F)F)cc23)CC1)C1CN(C(=O)OC(C)(C)C)C1. The van der Waals surface area contributed by atoms with E-state index in [-0.39, 0.29) is 11.0 Å². The van der Waals surface area contributed by atoms with Crippen molar-refractivity contribution in [3.63, 3.8) is 0 Å². The van der Waals surface area contributed by atoms with Crippen molar-refractivity contribution in [3.8, 4) is 0 Å². The van der Waals surface area contributed by atoms with Crippen LogP contribution < -0.4 is 10.2 Å². The number of amides is 1. The molecule has 2 aliphatic rings. The summed E-state index contributed by atoms with van der Waals surface area (Å²) in [7, 11) is 0. The first-order chi connectivity index (χ1) is 17.3. The summed E-state index contributed by atoms with van der Waals surface area (Å²) in [4.78, 5) is 25.9. The van der Waals surface area contributed by atoms with E-state index in [2.05, 4.69) is 34.0 Å². The Balaban J connectivity index is 1.36. The highest BCUT2D eigenvalue weighted by atomic mass is 32.1. The zero-order valence-electron chi connectivity index (χ0n) is 22.3. The molecule has 2 aliphatic heterocycles. The molecule has 0 aromatic carbocycles. The van der Waals surface area contributed by atoms with Gasteiger partial charge in [0.15, 0.2) is 0 Å². The van der Waals surface area contributed by atoms with Crippen molar-refractivity contribution < 1.29 is 22.7 Å². The van der Waals surface area contributed by atoms with Crippen LogP contribution in [-0.2, 0) is 11.2 Å². The highest BCUT2D eigenvalue weighted by Gasteiger charge is 2.40. The number of thiophene rings is 1. The van der Waals surface area contributed by atoms with Crippen LogP contribution in [0.5, 0.6) is 0 Å². The average molecular weight is 542 g/mol. The second-order valence-corrected chi connectivity index (χ2v) is 12.7. The Labute approximate surface area is 220 Å². The monoisotopic (exact) mass is 541 g/mol. The number of fused-ring (bicyclic) bond motifs is 1. The molecule has 11 heteroatoms. The summed E-state index contributed by atoms with van der Waals surface area (Å²) in [5, 5.41) is 4.59. The van der Waals surface area contributed by atoms with Crippen molar-refractivity contribution >= 4 is 33.5 Å². The smallest absolute Gasteiger partial charge is 0.410 e. The summed E-state index contributed by atoms with van der Waals surface area (Å²) in [5.41, 5.74) is -0.498. The molecule has 2 aromatic rings. The molecule has 2 fully saturated rings. The van der Waals surface area contributed by atoms with Crippen LogP contribution in [0.1, 0.15) is 58.8 Å². The van der Waals surface area contributed by atoms with Crippen molar-refractivity contribution in [2.45, 2.75) is 84.2 Å². The molecule has 4 heterocycles. The number of rotatable bonds is 6. The highest BCUT2D eigenvalue weighted by Crippen LogP contribution is 2.34. The van der Waals surface area contributed by atoms with Crippen LogP contribution in [0, 0.1) is 11.8 Å². The molecule has 2 saturated heterocycles. The number of alkyl halides is 3. The predicted molar refractivity (Wildman–Crippen MR) is 140 cm³/mol. The topological polar surface area (TPSA) is 70.6 Å². The number of likely N-dealkylation sites (tertiary alicyclic amines) is 1. The number of hydrogen-bond acceptors (Lipinski definition) is 7. The number of nitrogens with one attached hydrogen (secondary N) is 1. The molecule has 0 radical (unpaired) electrons. The average Bonchev–Trinajstić information content (AvgIpc) is 2.98. The molecule has 2 aromatic heterocycles. The zero-order valence-corrected chi connectivity index (χ0v) is 23.1. The molecule has 2 atom stereocenters. The maximum atomic E-state index is 12.9. The van der Waals surface area contributed by atoms with Gasteiger partial charge in [0.2, 0.25) is 0 Å². The number of halogens is 3. The molecule has 37 heavy (non-hydrogen) atoms. The van der Waals surface area contributed by atoms with Gasteiger partial charge >= 0.3 is 12.3 Å². The Morgan fingerprint density at radius 2 is 1.92 bits per heavy atom. The van der Waals surface area contributed by atoms with Gasteiger partial charge in [-0.1, -0.05) is 13.8 Å². The van der Waals surface area contributed by atoms with Crippen LogP contribution in [0.3, 0.4) is 0 Å². The van der Waals surface area contributed by atoms with E-state index < -0.39 is 18.2 Å². The van der Waals surface area contributed by atoms with Gasteiger partial charge in [0.25, 0.3) is 0 Å². The molecular weight excluding hydrogens is 503 g/mol. The van der Waals surface area contributed by atoms with Crippen LogP contribution in [0.2, 0.25) is 0 Å². The van der Waals surface area contributed by atoms with Crippen LogP contribution in [0.15, 0.2) is 12.4 Å².